The molecule has 0 radical (unpaired) electrons. The highest BCUT2D eigenvalue weighted by molar-refractivity contribution is 5.85. The molecule has 0 saturated heterocycles. The SMILES string of the molecule is O=[N+]([O-])c1c(Cc2ccc(F)cc2)ccc2nonc12. The van der Waals surface area contributed by atoms with Crippen molar-refractivity contribution in [3.63, 3.8) is 0 Å². The summed E-state index contributed by atoms with van der Waals surface area (Å²) in [5.41, 5.74) is 1.57. The molecular formula is C13H8FN3O3. The van der Waals surface area contributed by atoms with Crippen LogP contribution in [0, 0.1) is 15.9 Å². The van der Waals surface area contributed by atoms with Gasteiger partial charge in [-0.25, -0.2) is 9.02 Å². The third kappa shape index (κ3) is 2.09. The number of rotatable bonds is 3. The molecule has 0 aliphatic carbocycles. The highest BCUT2D eigenvalue weighted by atomic mass is 19.1. The summed E-state index contributed by atoms with van der Waals surface area (Å²) in [6, 6.07) is 9.02. The average molecular weight is 273 g/mol. The van der Waals surface area contributed by atoms with E-state index in [1.807, 2.05) is 0 Å². The van der Waals surface area contributed by atoms with Gasteiger partial charge < -0.3 is 0 Å². The van der Waals surface area contributed by atoms with Crippen LogP contribution in [0.3, 0.4) is 0 Å². The molecule has 0 amide bonds. The van der Waals surface area contributed by atoms with Crippen molar-refractivity contribution in [2.75, 3.05) is 0 Å². The first-order valence-electron chi connectivity index (χ1n) is 5.78. The van der Waals surface area contributed by atoms with Crippen LogP contribution in [0.5, 0.6) is 0 Å². The molecule has 0 fully saturated rings. The van der Waals surface area contributed by atoms with Gasteiger partial charge in [0.25, 0.3) is 0 Å². The van der Waals surface area contributed by atoms with E-state index in [1.165, 1.54) is 12.1 Å². The van der Waals surface area contributed by atoms with Crippen molar-refractivity contribution in [3.8, 4) is 0 Å². The molecule has 0 spiro atoms. The lowest BCUT2D eigenvalue weighted by Crippen LogP contribution is -1.98. The van der Waals surface area contributed by atoms with Crippen molar-refractivity contribution in [1.29, 1.82) is 0 Å². The van der Waals surface area contributed by atoms with Gasteiger partial charge in [0.2, 0.25) is 5.52 Å². The summed E-state index contributed by atoms with van der Waals surface area (Å²) in [7, 11) is 0. The van der Waals surface area contributed by atoms with Gasteiger partial charge in [-0.3, -0.25) is 10.1 Å². The third-order valence-electron chi connectivity index (χ3n) is 2.98. The van der Waals surface area contributed by atoms with Crippen molar-refractivity contribution < 1.29 is 13.9 Å². The predicted molar refractivity (Wildman–Crippen MR) is 67.7 cm³/mol. The first-order chi connectivity index (χ1) is 9.65. The minimum atomic E-state index is -0.509. The molecular weight excluding hydrogens is 265 g/mol. The summed E-state index contributed by atoms with van der Waals surface area (Å²) < 4.78 is 17.4. The Balaban J connectivity index is 2.08. The van der Waals surface area contributed by atoms with Crippen molar-refractivity contribution in [2.45, 2.75) is 6.42 Å². The van der Waals surface area contributed by atoms with E-state index in [4.69, 9.17) is 0 Å². The zero-order valence-corrected chi connectivity index (χ0v) is 10.1. The lowest BCUT2D eigenvalue weighted by atomic mass is 10.0. The fourth-order valence-corrected chi connectivity index (χ4v) is 2.05. The molecule has 3 rings (SSSR count). The van der Waals surface area contributed by atoms with Gasteiger partial charge in [-0.05, 0) is 40.1 Å². The fraction of sp³-hybridized carbons (Fsp3) is 0.0769. The van der Waals surface area contributed by atoms with Crippen LogP contribution in [-0.2, 0) is 6.42 Å². The highest BCUT2D eigenvalue weighted by Gasteiger charge is 2.22. The van der Waals surface area contributed by atoms with Gasteiger partial charge >= 0.3 is 5.69 Å². The first kappa shape index (κ1) is 12.2. The number of benzene rings is 2. The lowest BCUT2D eigenvalue weighted by Gasteiger charge is -2.03. The second-order valence-corrected chi connectivity index (χ2v) is 4.27. The topological polar surface area (TPSA) is 82.1 Å². The molecule has 0 aliphatic heterocycles. The Bertz CT molecular complexity index is 783. The summed E-state index contributed by atoms with van der Waals surface area (Å²) in [5.74, 6) is -0.348. The molecule has 0 unspecified atom stereocenters. The number of halogens is 1. The van der Waals surface area contributed by atoms with Gasteiger partial charge in [-0.1, -0.05) is 12.1 Å². The highest BCUT2D eigenvalue weighted by Crippen LogP contribution is 2.29. The molecule has 2 aromatic carbocycles. The summed E-state index contributed by atoms with van der Waals surface area (Å²) in [5, 5.41) is 18.4. The van der Waals surface area contributed by atoms with Gasteiger partial charge in [0.15, 0.2) is 0 Å². The molecule has 0 atom stereocenters. The van der Waals surface area contributed by atoms with E-state index in [-0.39, 0.29) is 17.0 Å². The Kier molecular flexibility index (Phi) is 2.86. The Morgan fingerprint density at radius 1 is 1.15 bits per heavy atom. The second kappa shape index (κ2) is 4.69. The second-order valence-electron chi connectivity index (χ2n) is 4.27. The fourth-order valence-electron chi connectivity index (χ4n) is 2.05. The number of nitro benzene ring substituents is 1. The molecule has 6 nitrogen and oxygen atoms in total. The molecule has 0 aliphatic rings. The van der Waals surface area contributed by atoms with E-state index >= 15 is 0 Å². The van der Waals surface area contributed by atoms with Crippen molar-refractivity contribution in [1.82, 2.24) is 10.3 Å². The van der Waals surface area contributed by atoms with Gasteiger partial charge in [0.1, 0.15) is 11.3 Å². The molecule has 20 heavy (non-hydrogen) atoms. The van der Waals surface area contributed by atoms with Crippen LogP contribution in [0.4, 0.5) is 10.1 Å². The molecule has 0 bridgehead atoms. The molecule has 0 N–H and O–H groups in total. The van der Waals surface area contributed by atoms with Crippen LogP contribution < -0.4 is 0 Å². The minimum absolute atomic E-state index is 0.120. The Hall–Kier alpha value is -2.83. The van der Waals surface area contributed by atoms with Crippen molar-refractivity contribution in [2.24, 2.45) is 0 Å². The van der Waals surface area contributed by atoms with Crippen molar-refractivity contribution in [3.05, 3.63) is 63.5 Å². The van der Waals surface area contributed by atoms with Crippen LogP contribution in [0.2, 0.25) is 0 Å². The van der Waals surface area contributed by atoms with E-state index in [9.17, 15) is 14.5 Å². The first-order valence-corrected chi connectivity index (χ1v) is 5.78. The van der Waals surface area contributed by atoms with Crippen LogP contribution in [0.25, 0.3) is 11.0 Å². The molecule has 100 valence electrons. The summed E-state index contributed by atoms with van der Waals surface area (Å²) in [6.45, 7) is 0. The number of aromatic nitrogens is 2. The number of hydrogen-bond donors (Lipinski definition) is 0. The lowest BCUT2D eigenvalue weighted by molar-refractivity contribution is -0.383. The average Bonchev–Trinajstić information content (AvgIpc) is 2.89. The zero-order chi connectivity index (χ0) is 14.1. The van der Waals surface area contributed by atoms with Crippen molar-refractivity contribution >= 4 is 16.7 Å². The van der Waals surface area contributed by atoms with E-state index in [1.54, 1.807) is 24.3 Å². The standard InChI is InChI=1S/C13H8FN3O3/c14-10-4-1-8(2-5-10)7-9-3-6-11-12(16-20-15-11)13(9)17(18)19/h1-6H,7H2. The predicted octanol–water partition coefficient (Wildman–Crippen LogP) is 2.86. The van der Waals surface area contributed by atoms with E-state index in [2.05, 4.69) is 14.9 Å². The number of nitro groups is 1. The Morgan fingerprint density at radius 3 is 2.60 bits per heavy atom. The number of nitrogens with zero attached hydrogens (tertiary/aromatic N) is 3. The zero-order valence-electron chi connectivity index (χ0n) is 10.1. The molecule has 1 aromatic heterocycles. The van der Waals surface area contributed by atoms with E-state index < -0.39 is 4.92 Å². The molecule has 7 heteroatoms. The number of fused-ring (bicyclic) bond motifs is 1. The summed E-state index contributed by atoms with van der Waals surface area (Å²) in [6.07, 6.45) is 0.305. The Labute approximate surface area is 111 Å². The summed E-state index contributed by atoms with van der Waals surface area (Å²) >= 11 is 0. The maximum atomic E-state index is 12.9. The van der Waals surface area contributed by atoms with Gasteiger partial charge in [-0.15, -0.1) is 0 Å². The van der Waals surface area contributed by atoms with E-state index in [0.29, 0.717) is 17.5 Å². The van der Waals surface area contributed by atoms with E-state index in [0.717, 1.165) is 5.56 Å². The van der Waals surface area contributed by atoms with Crippen LogP contribution >= 0.6 is 0 Å². The minimum Gasteiger partial charge on any atom is -0.258 e. The van der Waals surface area contributed by atoms with Crippen LogP contribution in [0.15, 0.2) is 41.0 Å². The molecule has 0 saturated carbocycles. The monoisotopic (exact) mass is 273 g/mol. The molecule has 3 aromatic rings. The number of hydrogen-bond acceptors (Lipinski definition) is 5. The third-order valence-corrected chi connectivity index (χ3v) is 2.98. The quantitative estimate of drug-likeness (QED) is 0.541. The van der Waals surface area contributed by atoms with Crippen LogP contribution in [0.1, 0.15) is 11.1 Å². The van der Waals surface area contributed by atoms with Crippen LogP contribution in [-0.4, -0.2) is 15.2 Å². The largest absolute Gasteiger partial charge is 0.304 e. The van der Waals surface area contributed by atoms with Gasteiger partial charge in [0.05, 0.1) is 4.92 Å². The smallest absolute Gasteiger partial charge is 0.258 e. The summed E-state index contributed by atoms with van der Waals surface area (Å²) in [4.78, 5) is 10.7. The maximum absolute atomic E-state index is 12.9. The molecule has 1 heterocycles. The normalized spacial score (nSPS) is 10.8. The maximum Gasteiger partial charge on any atom is 0.304 e. The van der Waals surface area contributed by atoms with Gasteiger partial charge in [0, 0.05) is 12.0 Å². The van der Waals surface area contributed by atoms with Gasteiger partial charge in [-0.2, -0.15) is 0 Å². The Morgan fingerprint density at radius 2 is 1.90 bits per heavy atom.